The van der Waals surface area contributed by atoms with Crippen LogP contribution in [-0.2, 0) is 4.74 Å². The lowest BCUT2D eigenvalue weighted by Crippen LogP contribution is -2.46. The number of hydrogen-bond acceptors (Lipinski definition) is 3. The maximum Gasteiger partial charge on any atom is 0.0931 e. The summed E-state index contributed by atoms with van der Waals surface area (Å²) in [6.07, 6.45) is 6.13. The summed E-state index contributed by atoms with van der Waals surface area (Å²) in [5.41, 5.74) is -0.0457. The molecule has 0 spiro atoms. The monoisotopic (exact) mass is 287 g/mol. The molecule has 0 aromatic carbocycles. The van der Waals surface area contributed by atoms with Gasteiger partial charge < -0.3 is 10.1 Å². The molecular weight excluding hydrogens is 266 g/mol. The van der Waals surface area contributed by atoms with Gasteiger partial charge >= 0.3 is 0 Å². The van der Waals surface area contributed by atoms with Crippen LogP contribution in [0.3, 0.4) is 0 Å². The summed E-state index contributed by atoms with van der Waals surface area (Å²) >= 11 is 7.73. The molecule has 2 rings (SSSR count). The van der Waals surface area contributed by atoms with Gasteiger partial charge in [-0.3, -0.25) is 0 Å². The van der Waals surface area contributed by atoms with E-state index in [4.69, 9.17) is 16.3 Å². The number of thiophene rings is 1. The van der Waals surface area contributed by atoms with Crippen molar-refractivity contribution in [1.82, 2.24) is 5.32 Å². The molecule has 0 aliphatic heterocycles. The van der Waals surface area contributed by atoms with Crippen LogP contribution in [-0.4, -0.2) is 19.3 Å². The second kappa shape index (κ2) is 6.38. The van der Waals surface area contributed by atoms with E-state index in [-0.39, 0.29) is 11.6 Å². The minimum atomic E-state index is -0.0457. The third-order valence-corrected chi connectivity index (χ3v) is 5.12. The predicted molar refractivity (Wildman–Crippen MR) is 78.6 cm³/mol. The van der Waals surface area contributed by atoms with Crippen molar-refractivity contribution in [2.24, 2.45) is 0 Å². The maximum atomic E-state index is 6.19. The standard InChI is InChI=1S/C14H22ClNOS/c1-3-17-14(9-5-4-6-10-14)13(16-2)11-7-8-12(15)18-11/h7-8,13,16H,3-6,9-10H2,1-2H3. The minimum Gasteiger partial charge on any atom is -0.373 e. The Labute approximate surface area is 119 Å². The van der Waals surface area contributed by atoms with Crippen LogP contribution in [0.1, 0.15) is 49.9 Å². The molecule has 0 bridgehead atoms. The van der Waals surface area contributed by atoms with Gasteiger partial charge in [0.05, 0.1) is 16.0 Å². The number of likely N-dealkylation sites (N-methyl/N-ethyl adjacent to an activating group) is 1. The van der Waals surface area contributed by atoms with Gasteiger partial charge in [-0.15, -0.1) is 11.3 Å². The van der Waals surface area contributed by atoms with Crippen LogP contribution < -0.4 is 5.32 Å². The second-order valence-corrected chi connectivity index (χ2v) is 6.67. The van der Waals surface area contributed by atoms with Crippen molar-refractivity contribution in [3.05, 3.63) is 21.3 Å². The van der Waals surface area contributed by atoms with Crippen molar-refractivity contribution in [2.75, 3.05) is 13.7 Å². The molecule has 1 N–H and O–H groups in total. The first kappa shape index (κ1) is 14.3. The van der Waals surface area contributed by atoms with Gasteiger partial charge in [-0.1, -0.05) is 30.9 Å². The quantitative estimate of drug-likeness (QED) is 0.866. The SMILES string of the molecule is CCOC1(C(NC)c2ccc(Cl)s2)CCCCC1. The Bertz CT molecular complexity index is 368. The first-order valence-electron chi connectivity index (χ1n) is 6.78. The van der Waals surface area contributed by atoms with Gasteiger partial charge in [0, 0.05) is 11.5 Å². The van der Waals surface area contributed by atoms with Crippen molar-refractivity contribution in [3.8, 4) is 0 Å². The number of halogens is 1. The zero-order valence-corrected chi connectivity index (χ0v) is 12.7. The van der Waals surface area contributed by atoms with Gasteiger partial charge in [0.25, 0.3) is 0 Å². The van der Waals surface area contributed by atoms with Crippen molar-refractivity contribution < 1.29 is 4.74 Å². The number of hydrogen-bond donors (Lipinski definition) is 1. The van der Waals surface area contributed by atoms with Crippen LogP contribution >= 0.6 is 22.9 Å². The summed E-state index contributed by atoms with van der Waals surface area (Å²) in [6, 6.07) is 4.37. The molecule has 4 heteroatoms. The zero-order chi connectivity index (χ0) is 13.0. The lowest BCUT2D eigenvalue weighted by molar-refractivity contribution is -0.0891. The Morgan fingerprint density at radius 2 is 2.11 bits per heavy atom. The molecule has 1 heterocycles. The Morgan fingerprint density at radius 1 is 1.39 bits per heavy atom. The fraction of sp³-hybridized carbons (Fsp3) is 0.714. The molecule has 1 aliphatic carbocycles. The summed E-state index contributed by atoms with van der Waals surface area (Å²) in [4.78, 5) is 1.29. The molecule has 0 saturated heterocycles. The van der Waals surface area contributed by atoms with E-state index in [2.05, 4.69) is 18.3 Å². The molecule has 102 valence electrons. The first-order chi connectivity index (χ1) is 8.72. The third-order valence-electron chi connectivity index (χ3n) is 3.82. The molecule has 1 aliphatic rings. The topological polar surface area (TPSA) is 21.3 Å². The Kier molecular flexibility index (Phi) is 5.07. The van der Waals surface area contributed by atoms with Crippen molar-refractivity contribution in [1.29, 1.82) is 0 Å². The number of rotatable bonds is 5. The van der Waals surface area contributed by atoms with E-state index >= 15 is 0 Å². The van der Waals surface area contributed by atoms with E-state index in [1.54, 1.807) is 11.3 Å². The van der Waals surface area contributed by atoms with Crippen LogP contribution in [0.4, 0.5) is 0 Å². The van der Waals surface area contributed by atoms with Crippen molar-refractivity contribution in [2.45, 2.75) is 50.7 Å². The van der Waals surface area contributed by atoms with E-state index in [9.17, 15) is 0 Å². The van der Waals surface area contributed by atoms with E-state index in [1.165, 1.54) is 24.1 Å². The molecule has 1 unspecified atom stereocenters. The highest BCUT2D eigenvalue weighted by molar-refractivity contribution is 7.16. The number of ether oxygens (including phenoxy) is 1. The molecule has 1 saturated carbocycles. The van der Waals surface area contributed by atoms with Crippen LogP contribution in [0.15, 0.2) is 12.1 Å². The fourth-order valence-corrected chi connectivity index (χ4v) is 4.38. The summed E-state index contributed by atoms with van der Waals surface area (Å²) in [7, 11) is 2.02. The molecule has 18 heavy (non-hydrogen) atoms. The summed E-state index contributed by atoms with van der Waals surface area (Å²) < 4.78 is 7.04. The first-order valence-corrected chi connectivity index (χ1v) is 7.98. The average Bonchev–Trinajstić information content (AvgIpc) is 2.78. The van der Waals surface area contributed by atoms with Gasteiger partial charge in [-0.25, -0.2) is 0 Å². The highest BCUT2D eigenvalue weighted by Crippen LogP contribution is 2.43. The van der Waals surface area contributed by atoms with Gasteiger partial charge in [-0.05, 0) is 38.9 Å². The smallest absolute Gasteiger partial charge is 0.0931 e. The van der Waals surface area contributed by atoms with Crippen LogP contribution in [0, 0.1) is 0 Å². The van der Waals surface area contributed by atoms with Gasteiger partial charge in [-0.2, -0.15) is 0 Å². The normalized spacial score (nSPS) is 20.8. The molecule has 1 aromatic heterocycles. The highest BCUT2D eigenvalue weighted by atomic mass is 35.5. The van der Waals surface area contributed by atoms with E-state index in [0.717, 1.165) is 23.8 Å². The summed E-state index contributed by atoms with van der Waals surface area (Å²) in [6.45, 7) is 2.86. The Morgan fingerprint density at radius 3 is 2.61 bits per heavy atom. The third kappa shape index (κ3) is 2.90. The zero-order valence-electron chi connectivity index (χ0n) is 11.2. The lowest BCUT2D eigenvalue weighted by atomic mass is 9.78. The Hall–Kier alpha value is -0.0900. The largest absolute Gasteiger partial charge is 0.373 e. The number of nitrogens with one attached hydrogen (secondary N) is 1. The highest BCUT2D eigenvalue weighted by Gasteiger charge is 2.41. The molecule has 1 atom stereocenters. The second-order valence-electron chi connectivity index (χ2n) is 4.92. The maximum absolute atomic E-state index is 6.19. The van der Waals surface area contributed by atoms with Gasteiger partial charge in [0.15, 0.2) is 0 Å². The summed E-state index contributed by atoms with van der Waals surface area (Å²) in [5.74, 6) is 0. The van der Waals surface area contributed by atoms with E-state index in [0.29, 0.717) is 0 Å². The molecule has 0 radical (unpaired) electrons. The molecule has 1 aromatic rings. The average molecular weight is 288 g/mol. The van der Waals surface area contributed by atoms with Crippen molar-refractivity contribution >= 4 is 22.9 Å². The van der Waals surface area contributed by atoms with Crippen molar-refractivity contribution in [3.63, 3.8) is 0 Å². The Balaban J connectivity index is 2.26. The van der Waals surface area contributed by atoms with E-state index in [1.807, 2.05) is 13.1 Å². The van der Waals surface area contributed by atoms with Gasteiger partial charge in [0.2, 0.25) is 0 Å². The molecule has 1 fully saturated rings. The fourth-order valence-electron chi connectivity index (χ4n) is 3.10. The molecule has 2 nitrogen and oxygen atoms in total. The summed E-state index contributed by atoms with van der Waals surface area (Å²) in [5, 5.41) is 3.45. The minimum absolute atomic E-state index is 0.0457. The van der Waals surface area contributed by atoms with Crippen LogP contribution in [0.2, 0.25) is 4.34 Å². The van der Waals surface area contributed by atoms with E-state index < -0.39 is 0 Å². The lowest BCUT2D eigenvalue weighted by Gasteiger charge is -2.42. The molecule has 0 amide bonds. The van der Waals surface area contributed by atoms with Crippen LogP contribution in [0.25, 0.3) is 0 Å². The predicted octanol–water partition coefficient (Wildman–Crippen LogP) is 4.40. The van der Waals surface area contributed by atoms with Gasteiger partial charge in [0.1, 0.15) is 0 Å². The van der Waals surface area contributed by atoms with Crippen LogP contribution in [0.5, 0.6) is 0 Å². The molecular formula is C14H22ClNOS.